The molecule has 0 aliphatic carbocycles. The molecule has 1 aliphatic rings. The van der Waals surface area contributed by atoms with E-state index in [0.717, 1.165) is 20.8 Å². The Kier molecular flexibility index (Phi) is 5.19. The lowest BCUT2D eigenvalue weighted by molar-refractivity contribution is -0.180. The highest BCUT2D eigenvalue weighted by Gasteiger charge is 2.55. The van der Waals surface area contributed by atoms with E-state index in [2.05, 4.69) is 0 Å². The van der Waals surface area contributed by atoms with E-state index in [1.165, 1.54) is 0 Å². The summed E-state index contributed by atoms with van der Waals surface area (Å²) >= 11 is 0. The van der Waals surface area contributed by atoms with Gasteiger partial charge < -0.3 is 22.8 Å². The van der Waals surface area contributed by atoms with Crippen LogP contribution in [0, 0.1) is 0 Å². The molecule has 0 N–H and O–H groups in total. The normalized spacial score (nSPS) is 15.4. The Labute approximate surface area is 146 Å². The largest absolute Gasteiger partial charge is 0.742 e. The quantitative estimate of drug-likeness (QED) is 0.731. The Balaban J connectivity index is 2.51. The molecule has 1 aromatic carbocycles. The molecular formula is C16H20O8Si. The number of benzene rings is 1. The number of rotatable bonds is 4. The Morgan fingerprint density at radius 3 is 2.00 bits per heavy atom. The first-order chi connectivity index (χ1) is 11.5. The first-order valence-corrected chi connectivity index (χ1v) is 9.30. The minimum Gasteiger partial charge on any atom is -0.463 e. The highest BCUT2D eigenvalue weighted by atomic mass is 28.4. The van der Waals surface area contributed by atoms with Gasteiger partial charge in [0.1, 0.15) is 5.75 Å². The number of fused-ring (bicyclic) bond motifs is 1. The first-order valence-electron chi connectivity index (χ1n) is 7.58. The lowest BCUT2D eigenvalue weighted by atomic mass is 10.2. The van der Waals surface area contributed by atoms with Gasteiger partial charge in [0, 0.05) is 40.2 Å². The summed E-state index contributed by atoms with van der Waals surface area (Å²) in [7, 11) is -4.12. The van der Waals surface area contributed by atoms with Gasteiger partial charge in [-0.1, -0.05) is 0 Å². The number of hydrogen-bond acceptors (Lipinski definition) is 8. The molecule has 2 rings (SSSR count). The van der Waals surface area contributed by atoms with Crippen molar-refractivity contribution in [3.63, 3.8) is 0 Å². The smallest absolute Gasteiger partial charge is 0.463 e. The second kappa shape index (κ2) is 6.85. The minimum atomic E-state index is -4.12. The summed E-state index contributed by atoms with van der Waals surface area (Å²) in [6.45, 7) is 7.21. The molecule has 8 nitrogen and oxygen atoms in total. The summed E-state index contributed by atoms with van der Waals surface area (Å²) in [6.07, 6.45) is 0. The van der Waals surface area contributed by atoms with Crippen LogP contribution in [-0.2, 0) is 39.0 Å². The van der Waals surface area contributed by atoms with Crippen molar-refractivity contribution in [1.82, 2.24) is 0 Å². The maximum atomic E-state index is 11.6. The van der Waals surface area contributed by atoms with Gasteiger partial charge in [-0.25, -0.2) is 0 Å². The van der Waals surface area contributed by atoms with Crippen molar-refractivity contribution in [2.24, 2.45) is 0 Å². The summed E-state index contributed by atoms with van der Waals surface area (Å²) in [5.41, 5.74) is 0.653. The predicted octanol–water partition coefficient (Wildman–Crippen LogP) is 1.17. The van der Waals surface area contributed by atoms with Gasteiger partial charge in [-0.2, -0.15) is 0 Å². The van der Waals surface area contributed by atoms with E-state index in [0.29, 0.717) is 11.3 Å². The highest BCUT2D eigenvalue weighted by Crippen LogP contribution is 2.31. The first kappa shape index (κ1) is 18.9. The fourth-order valence-corrected chi connectivity index (χ4v) is 4.59. The molecule has 0 radical (unpaired) electrons. The highest BCUT2D eigenvalue weighted by molar-refractivity contribution is 6.79. The van der Waals surface area contributed by atoms with E-state index >= 15 is 0 Å². The summed E-state index contributed by atoms with van der Waals surface area (Å²) in [5, 5.41) is 0.277. The molecule has 1 aromatic rings. The number of hydrogen-bond donors (Lipinski definition) is 0. The van der Waals surface area contributed by atoms with Crippen LogP contribution in [0.1, 0.15) is 40.2 Å². The van der Waals surface area contributed by atoms with Gasteiger partial charge in [0.25, 0.3) is 17.9 Å². The van der Waals surface area contributed by atoms with E-state index in [-0.39, 0.29) is 11.8 Å². The standard InChI is InChI=1S/C16H20O8Si/c1-10(17)22-25(23-11(2)18,24-12(3)19)14-6-7-15-13(8-14)9-20-16(4,5)21-15/h6-8H,9H2,1-5H3. The van der Waals surface area contributed by atoms with Crippen LogP contribution in [0.25, 0.3) is 0 Å². The second-order valence-electron chi connectivity index (χ2n) is 5.95. The van der Waals surface area contributed by atoms with Crippen molar-refractivity contribution in [3.8, 4) is 5.75 Å². The van der Waals surface area contributed by atoms with Crippen molar-refractivity contribution in [2.45, 2.75) is 47.0 Å². The second-order valence-corrected chi connectivity index (χ2v) is 8.25. The third kappa shape index (κ3) is 4.58. The van der Waals surface area contributed by atoms with E-state index in [1.54, 1.807) is 32.0 Å². The summed E-state index contributed by atoms with van der Waals surface area (Å²) < 4.78 is 26.9. The van der Waals surface area contributed by atoms with Crippen LogP contribution < -0.4 is 9.92 Å². The summed E-state index contributed by atoms with van der Waals surface area (Å²) in [6, 6.07) is 4.76. The average Bonchev–Trinajstić information content (AvgIpc) is 2.43. The van der Waals surface area contributed by atoms with Crippen molar-refractivity contribution in [2.75, 3.05) is 0 Å². The molecule has 0 amide bonds. The van der Waals surface area contributed by atoms with Crippen molar-refractivity contribution in [1.29, 1.82) is 0 Å². The van der Waals surface area contributed by atoms with Gasteiger partial charge in [0.2, 0.25) is 5.79 Å². The molecule has 0 unspecified atom stereocenters. The topological polar surface area (TPSA) is 97.4 Å². The Hall–Kier alpha value is -2.39. The molecule has 0 bridgehead atoms. The zero-order valence-electron chi connectivity index (χ0n) is 14.7. The molecule has 0 spiro atoms. The van der Waals surface area contributed by atoms with Crippen LogP contribution in [0.15, 0.2) is 18.2 Å². The molecular weight excluding hydrogens is 348 g/mol. The molecule has 1 heterocycles. The van der Waals surface area contributed by atoms with Crippen LogP contribution in [0.5, 0.6) is 5.75 Å². The number of carbonyl (C=O) groups is 3. The molecule has 0 saturated carbocycles. The molecule has 25 heavy (non-hydrogen) atoms. The Morgan fingerprint density at radius 2 is 1.52 bits per heavy atom. The lowest BCUT2D eigenvalue weighted by Crippen LogP contribution is -2.59. The maximum absolute atomic E-state index is 11.6. The van der Waals surface area contributed by atoms with Crippen LogP contribution in [-0.4, -0.2) is 32.5 Å². The SMILES string of the molecule is CC(=O)O[Si](OC(C)=O)(OC(C)=O)c1ccc2c(c1)COC(C)(C)O2. The zero-order chi connectivity index (χ0) is 18.8. The van der Waals surface area contributed by atoms with Gasteiger partial charge in [-0.15, -0.1) is 0 Å². The number of carbonyl (C=O) groups excluding carboxylic acids is 3. The molecule has 0 aromatic heterocycles. The summed E-state index contributed by atoms with van der Waals surface area (Å²) in [5.74, 6) is -2.40. The zero-order valence-corrected chi connectivity index (χ0v) is 15.7. The molecule has 1 aliphatic heterocycles. The van der Waals surface area contributed by atoms with E-state index in [9.17, 15) is 14.4 Å². The molecule has 136 valence electrons. The van der Waals surface area contributed by atoms with Crippen LogP contribution in [0.4, 0.5) is 0 Å². The maximum Gasteiger partial charge on any atom is 0.742 e. The van der Waals surface area contributed by atoms with Crippen molar-refractivity contribution in [3.05, 3.63) is 23.8 Å². The predicted molar refractivity (Wildman–Crippen MR) is 86.6 cm³/mol. The molecule has 0 saturated heterocycles. The van der Waals surface area contributed by atoms with E-state index < -0.39 is 32.5 Å². The Bertz CT molecular complexity index is 671. The monoisotopic (exact) mass is 368 g/mol. The third-order valence-electron chi connectivity index (χ3n) is 3.18. The lowest BCUT2D eigenvalue weighted by Gasteiger charge is -2.33. The van der Waals surface area contributed by atoms with Crippen LogP contribution >= 0.6 is 0 Å². The van der Waals surface area contributed by atoms with Crippen molar-refractivity contribution >= 4 is 31.9 Å². The average molecular weight is 368 g/mol. The fourth-order valence-electron chi connectivity index (χ4n) is 2.34. The van der Waals surface area contributed by atoms with Gasteiger partial charge in [0.05, 0.1) is 11.8 Å². The summed E-state index contributed by atoms with van der Waals surface area (Å²) in [4.78, 5) is 34.7. The van der Waals surface area contributed by atoms with Gasteiger partial charge in [0.15, 0.2) is 0 Å². The van der Waals surface area contributed by atoms with Crippen LogP contribution in [0.2, 0.25) is 0 Å². The van der Waals surface area contributed by atoms with Crippen LogP contribution in [0.3, 0.4) is 0 Å². The van der Waals surface area contributed by atoms with Gasteiger partial charge >= 0.3 is 8.80 Å². The van der Waals surface area contributed by atoms with Gasteiger partial charge in [-0.05, 0) is 18.2 Å². The van der Waals surface area contributed by atoms with E-state index in [1.807, 2.05) is 0 Å². The molecule has 0 atom stereocenters. The Morgan fingerprint density at radius 1 is 1.00 bits per heavy atom. The fraction of sp³-hybridized carbons (Fsp3) is 0.438. The number of ether oxygens (including phenoxy) is 2. The molecule has 9 heteroatoms. The van der Waals surface area contributed by atoms with Gasteiger partial charge in [-0.3, -0.25) is 14.4 Å². The third-order valence-corrected chi connectivity index (χ3v) is 5.87. The van der Waals surface area contributed by atoms with E-state index in [4.69, 9.17) is 22.8 Å². The minimum absolute atomic E-state index is 0.237. The molecule has 0 fully saturated rings. The van der Waals surface area contributed by atoms with Crippen molar-refractivity contribution < 1.29 is 37.1 Å².